The van der Waals surface area contributed by atoms with Crippen LogP contribution in [0.1, 0.15) is 31.7 Å². The summed E-state index contributed by atoms with van der Waals surface area (Å²) in [7, 11) is 0. The monoisotopic (exact) mass is 308 g/mol. The van der Waals surface area contributed by atoms with Crippen LogP contribution in [0.15, 0.2) is 42.7 Å². The van der Waals surface area contributed by atoms with E-state index in [0.717, 1.165) is 31.0 Å². The molecule has 1 aliphatic rings. The third-order valence-corrected chi connectivity index (χ3v) is 4.97. The summed E-state index contributed by atoms with van der Waals surface area (Å²) in [5.41, 5.74) is 2.36. The second-order valence-corrected chi connectivity index (χ2v) is 6.85. The first-order chi connectivity index (χ1) is 11.1. The predicted octanol–water partition coefficient (Wildman–Crippen LogP) is 2.54. The van der Waals surface area contributed by atoms with Gasteiger partial charge in [-0.1, -0.05) is 44.2 Å². The van der Waals surface area contributed by atoms with Gasteiger partial charge in [-0.25, -0.2) is 4.98 Å². The lowest BCUT2D eigenvalue weighted by molar-refractivity contribution is 0.233. The summed E-state index contributed by atoms with van der Waals surface area (Å²) in [6, 6.07) is 10.8. The van der Waals surface area contributed by atoms with Crippen LogP contribution in [0.5, 0.6) is 0 Å². The fourth-order valence-electron chi connectivity index (χ4n) is 3.48. The second kappa shape index (κ2) is 5.30. The third-order valence-electron chi connectivity index (χ3n) is 4.97. The minimum absolute atomic E-state index is 0.259. The van der Waals surface area contributed by atoms with E-state index in [2.05, 4.69) is 69.6 Å². The molecule has 0 saturated carbocycles. The van der Waals surface area contributed by atoms with Crippen LogP contribution < -0.4 is 4.90 Å². The molecule has 1 saturated heterocycles. The number of fused-ring (bicyclic) bond motifs is 1. The summed E-state index contributed by atoms with van der Waals surface area (Å²) in [5, 5.41) is 11.9. The SMILES string of the molecule is CC1(C)CCN(c2nccn3nnnc23)CC1c1ccccc1. The minimum atomic E-state index is 0.259. The van der Waals surface area contributed by atoms with Crippen molar-refractivity contribution in [1.82, 2.24) is 25.0 Å². The molecule has 0 aliphatic carbocycles. The van der Waals surface area contributed by atoms with E-state index in [4.69, 9.17) is 0 Å². The highest BCUT2D eigenvalue weighted by Gasteiger charge is 2.37. The van der Waals surface area contributed by atoms with Crippen LogP contribution >= 0.6 is 0 Å². The van der Waals surface area contributed by atoms with Gasteiger partial charge in [0.25, 0.3) is 0 Å². The zero-order chi connectivity index (χ0) is 15.9. The van der Waals surface area contributed by atoms with Gasteiger partial charge in [-0.3, -0.25) is 0 Å². The number of hydrogen-bond donors (Lipinski definition) is 0. The summed E-state index contributed by atoms with van der Waals surface area (Å²) in [5.74, 6) is 1.32. The number of rotatable bonds is 2. The average Bonchev–Trinajstić information content (AvgIpc) is 3.04. The van der Waals surface area contributed by atoms with Gasteiger partial charge in [0, 0.05) is 25.2 Å². The molecule has 4 rings (SSSR count). The maximum Gasteiger partial charge on any atom is 0.221 e. The molecule has 6 heteroatoms. The van der Waals surface area contributed by atoms with E-state index in [1.54, 1.807) is 16.9 Å². The lowest BCUT2D eigenvalue weighted by atomic mass is 9.70. The Bertz CT molecular complexity index is 810. The van der Waals surface area contributed by atoms with Gasteiger partial charge >= 0.3 is 0 Å². The first-order valence-electron chi connectivity index (χ1n) is 7.98. The fraction of sp³-hybridized carbons (Fsp3) is 0.412. The number of nitrogens with zero attached hydrogens (tertiary/aromatic N) is 6. The van der Waals surface area contributed by atoms with E-state index in [0.29, 0.717) is 5.92 Å². The molecule has 0 radical (unpaired) electrons. The minimum Gasteiger partial charge on any atom is -0.353 e. The molecule has 3 heterocycles. The average molecular weight is 308 g/mol. The van der Waals surface area contributed by atoms with Crippen molar-refractivity contribution in [2.75, 3.05) is 18.0 Å². The van der Waals surface area contributed by atoms with Gasteiger partial charge < -0.3 is 4.90 Å². The largest absolute Gasteiger partial charge is 0.353 e. The highest BCUT2D eigenvalue weighted by molar-refractivity contribution is 5.63. The van der Waals surface area contributed by atoms with E-state index in [1.165, 1.54) is 5.56 Å². The van der Waals surface area contributed by atoms with Gasteiger partial charge in [-0.2, -0.15) is 4.52 Å². The third kappa shape index (κ3) is 2.44. The standard InChI is InChI=1S/C17H20N6/c1-17(2)8-10-22(12-14(17)13-6-4-3-5-7-13)15-16-19-20-21-23(16)11-9-18-15/h3-7,9,11,14H,8,10,12H2,1-2H3. The zero-order valence-electron chi connectivity index (χ0n) is 13.4. The van der Waals surface area contributed by atoms with Crippen LogP contribution in [0.3, 0.4) is 0 Å². The van der Waals surface area contributed by atoms with Gasteiger partial charge in [0.15, 0.2) is 5.82 Å². The molecule has 0 N–H and O–H groups in total. The smallest absolute Gasteiger partial charge is 0.221 e. The van der Waals surface area contributed by atoms with Crippen LogP contribution in [0, 0.1) is 5.41 Å². The Labute approximate surface area is 135 Å². The number of tetrazole rings is 1. The Hall–Kier alpha value is -2.50. The molecule has 0 spiro atoms. The number of piperidine rings is 1. The molecular weight excluding hydrogens is 288 g/mol. The number of benzene rings is 1. The van der Waals surface area contributed by atoms with Crippen molar-refractivity contribution in [3.63, 3.8) is 0 Å². The van der Waals surface area contributed by atoms with Crippen molar-refractivity contribution in [3.05, 3.63) is 48.3 Å². The number of aromatic nitrogens is 5. The normalized spacial score (nSPS) is 20.8. The van der Waals surface area contributed by atoms with Crippen molar-refractivity contribution < 1.29 is 0 Å². The maximum absolute atomic E-state index is 4.54. The van der Waals surface area contributed by atoms with Gasteiger partial charge in [0.2, 0.25) is 5.65 Å². The fourth-order valence-corrected chi connectivity index (χ4v) is 3.48. The topological polar surface area (TPSA) is 59.2 Å². The van der Waals surface area contributed by atoms with E-state index in [1.807, 2.05) is 0 Å². The highest BCUT2D eigenvalue weighted by Crippen LogP contribution is 2.43. The highest BCUT2D eigenvalue weighted by atomic mass is 15.5. The Balaban J connectivity index is 1.71. The molecule has 1 unspecified atom stereocenters. The Morgan fingerprint density at radius 1 is 1.17 bits per heavy atom. The molecule has 23 heavy (non-hydrogen) atoms. The Morgan fingerprint density at radius 3 is 2.83 bits per heavy atom. The second-order valence-electron chi connectivity index (χ2n) is 6.85. The van der Waals surface area contributed by atoms with Gasteiger partial charge in [-0.05, 0) is 27.8 Å². The Morgan fingerprint density at radius 2 is 2.00 bits per heavy atom. The number of hydrogen-bond acceptors (Lipinski definition) is 5. The van der Waals surface area contributed by atoms with Gasteiger partial charge in [0.05, 0.1) is 6.20 Å². The molecule has 6 nitrogen and oxygen atoms in total. The molecule has 2 aromatic heterocycles. The van der Waals surface area contributed by atoms with Crippen molar-refractivity contribution in [2.45, 2.75) is 26.2 Å². The summed E-state index contributed by atoms with van der Waals surface area (Å²) in [6.45, 7) is 6.61. The lowest BCUT2D eigenvalue weighted by Gasteiger charge is -2.44. The number of anilines is 1. The summed E-state index contributed by atoms with van der Waals surface area (Å²) < 4.78 is 1.68. The zero-order valence-corrected chi connectivity index (χ0v) is 13.4. The molecule has 0 amide bonds. The summed E-state index contributed by atoms with van der Waals surface area (Å²) >= 11 is 0. The van der Waals surface area contributed by atoms with E-state index < -0.39 is 0 Å². The van der Waals surface area contributed by atoms with Crippen LogP contribution in [-0.2, 0) is 0 Å². The molecular formula is C17H20N6. The van der Waals surface area contributed by atoms with E-state index in [-0.39, 0.29) is 5.41 Å². The molecule has 3 aromatic rings. The quantitative estimate of drug-likeness (QED) is 0.728. The maximum atomic E-state index is 4.54. The van der Waals surface area contributed by atoms with Crippen molar-refractivity contribution in [3.8, 4) is 0 Å². The van der Waals surface area contributed by atoms with E-state index in [9.17, 15) is 0 Å². The van der Waals surface area contributed by atoms with Crippen molar-refractivity contribution in [2.24, 2.45) is 5.41 Å². The molecule has 1 aromatic carbocycles. The van der Waals surface area contributed by atoms with E-state index >= 15 is 0 Å². The van der Waals surface area contributed by atoms with Gasteiger partial charge in [-0.15, -0.1) is 5.10 Å². The van der Waals surface area contributed by atoms with Gasteiger partial charge in [0.1, 0.15) is 0 Å². The summed E-state index contributed by atoms with van der Waals surface area (Å²) in [6.07, 6.45) is 4.65. The van der Waals surface area contributed by atoms with Crippen LogP contribution in [0.2, 0.25) is 0 Å². The molecule has 1 aliphatic heterocycles. The molecule has 1 atom stereocenters. The van der Waals surface area contributed by atoms with Crippen molar-refractivity contribution in [1.29, 1.82) is 0 Å². The van der Waals surface area contributed by atoms with Crippen LogP contribution in [-0.4, -0.2) is 38.1 Å². The lowest BCUT2D eigenvalue weighted by Crippen LogP contribution is -2.44. The molecule has 118 valence electrons. The van der Waals surface area contributed by atoms with Crippen LogP contribution in [0.4, 0.5) is 5.82 Å². The van der Waals surface area contributed by atoms with Crippen molar-refractivity contribution >= 4 is 11.5 Å². The van der Waals surface area contributed by atoms with Crippen LogP contribution in [0.25, 0.3) is 5.65 Å². The first kappa shape index (κ1) is 14.1. The molecule has 0 bridgehead atoms. The Kier molecular flexibility index (Phi) is 3.25. The predicted molar refractivity (Wildman–Crippen MR) is 88.4 cm³/mol. The molecule has 1 fully saturated rings. The first-order valence-corrected chi connectivity index (χ1v) is 7.98. The summed E-state index contributed by atoms with van der Waals surface area (Å²) in [4.78, 5) is 6.86.